The van der Waals surface area contributed by atoms with Crippen molar-refractivity contribution in [3.63, 3.8) is 0 Å². The van der Waals surface area contributed by atoms with Crippen molar-refractivity contribution in [2.45, 2.75) is 13.1 Å². The minimum absolute atomic E-state index is 0.0348. The number of nitrogens with one attached hydrogen (secondary N) is 1. The predicted octanol–water partition coefficient (Wildman–Crippen LogP) is 1.85. The highest BCUT2D eigenvalue weighted by Gasteiger charge is 2.12. The Hall–Kier alpha value is -3.36. The first-order valence-corrected chi connectivity index (χ1v) is 8.32. The number of aliphatic imine (C=N–C) groups is 1. The van der Waals surface area contributed by atoms with Crippen molar-refractivity contribution in [2.24, 2.45) is 4.99 Å². The van der Waals surface area contributed by atoms with Crippen molar-refractivity contribution in [1.29, 1.82) is 0 Å². The molecule has 0 atom stereocenters. The van der Waals surface area contributed by atoms with Gasteiger partial charge in [-0.1, -0.05) is 12.1 Å². The van der Waals surface area contributed by atoms with Crippen LogP contribution in [0.4, 0.5) is 5.69 Å². The van der Waals surface area contributed by atoms with Gasteiger partial charge in [-0.25, -0.2) is 4.99 Å². The molecule has 0 saturated carbocycles. The molecule has 0 spiro atoms. The van der Waals surface area contributed by atoms with Crippen LogP contribution in [0.3, 0.4) is 0 Å². The van der Waals surface area contributed by atoms with Crippen LogP contribution in [0.2, 0.25) is 0 Å². The highest BCUT2D eigenvalue weighted by Crippen LogP contribution is 2.13. The number of nitrogens with zero attached hydrogens (tertiary/aromatic N) is 4. The molecule has 0 aliphatic rings. The number of furan rings is 1. The van der Waals surface area contributed by atoms with Crippen LogP contribution in [0.5, 0.6) is 0 Å². The van der Waals surface area contributed by atoms with E-state index in [4.69, 9.17) is 4.42 Å². The molecule has 1 aromatic carbocycles. The number of nitro groups is 1. The van der Waals surface area contributed by atoms with Crippen LogP contribution in [-0.2, 0) is 17.9 Å². The minimum Gasteiger partial charge on any atom is -0.467 e. The van der Waals surface area contributed by atoms with Gasteiger partial charge in [0.2, 0.25) is 5.91 Å². The average Bonchev–Trinajstić information content (AvgIpc) is 3.14. The fourth-order valence-corrected chi connectivity index (χ4v) is 2.22. The summed E-state index contributed by atoms with van der Waals surface area (Å²) in [5.41, 5.74) is 0.859. The Morgan fingerprint density at radius 1 is 1.22 bits per heavy atom. The maximum atomic E-state index is 11.9. The summed E-state index contributed by atoms with van der Waals surface area (Å²) in [4.78, 5) is 30.0. The third-order valence-electron chi connectivity index (χ3n) is 3.79. The Kier molecular flexibility index (Phi) is 6.93. The molecule has 27 heavy (non-hydrogen) atoms. The number of likely N-dealkylation sites (N-methyl/N-ethyl adjacent to an activating group) is 1. The molecular weight excluding hydrogens is 350 g/mol. The van der Waals surface area contributed by atoms with Gasteiger partial charge in [-0.15, -0.1) is 0 Å². The van der Waals surface area contributed by atoms with Crippen LogP contribution in [0.25, 0.3) is 0 Å². The van der Waals surface area contributed by atoms with E-state index in [9.17, 15) is 14.9 Å². The first-order chi connectivity index (χ1) is 12.9. The predicted molar refractivity (Wildman–Crippen MR) is 101 cm³/mol. The molecule has 0 aliphatic heterocycles. The number of amides is 1. The van der Waals surface area contributed by atoms with Gasteiger partial charge in [-0.05, 0) is 17.7 Å². The SMILES string of the molecule is CN(C)C(=O)CNC(=NCc1ccc([N+](=O)[O-])cc1)N(C)Cc1ccco1. The summed E-state index contributed by atoms with van der Waals surface area (Å²) < 4.78 is 5.35. The van der Waals surface area contributed by atoms with E-state index in [1.165, 1.54) is 17.0 Å². The van der Waals surface area contributed by atoms with Crippen LogP contribution in [-0.4, -0.2) is 54.3 Å². The Bertz CT molecular complexity index is 785. The average molecular weight is 373 g/mol. The van der Waals surface area contributed by atoms with Crippen molar-refractivity contribution >= 4 is 17.6 Å². The van der Waals surface area contributed by atoms with Gasteiger partial charge >= 0.3 is 0 Å². The molecular formula is C18H23N5O4. The Balaban J connectivity index is 2.09. The molecule has 144 valence electrons. The summed E-state index contributed by atoms with van der Waals surface area (Å²) in [7, 11) is 5.21. The van der Waals surface area contributed by atoms with Crippen molar-refractivity contribution in [3.8, 4) is 0 Å². The zero-order valence-corrected chi connectivity index (χ0v) is 15.6. The van der Waals surface area contributed by atoms with E-state index in [1.807, 2.05) is 18.0 Å². The van der Waals surface area contributed by atoms with Gasteiger partial charge in [0.25, 0.3) is 5.69 Å². The number of non-ortho nitro benzene ring substituents is 1. The normalized spacial score (nSPS) is 11.1. The zero-order chi connectivity index (χ0) is 19.8. The zero-order valence-electron chi connectivity index (χ0n) is 15.6. The lowest BCUT2D eigenvalue weighted by Crippen LogP contribution is -2.43. The van der Waals surface area contributed by atoms with Crippen molar-refractivity contribution in [3.05, 3.63) is 64.1 Å². The van der Waals surface area contributed by atoms with Crippen LogP contribution in [0, 0.1) is 10.1 Å². The number of rotatable bonds is 7. The molecule has 0 unspecified atom stereocenters. The van der Waals surface area contributed by atoms with E-state index in [2.05, 4.69) is 10.3 Å². The molecule has 0 saturated heterocycles. The Morgan fingerprint density at radius 2 is 1.93 bits per heavy atom. The molecule has 9 nitrogen and oxygen atoms in total. The summed E-state index contributed by atoms with van der Waals surface area (Å²) in [6.07, 6.45) is 1.60. The maximum Gasteiger partial charge on any atom is 0.269 e. The van der Waals surface area contributed by atoms with Crippen molar-refractivity contribution < 1.29 is 14.1 Å². The highest BCUT2D eigenvalue weighted by molar-refractivity contribution is 5.86. The lowest BCUT2D eigenvalue weighted by atomic mass is 10.2. The van der Waals surface area contributed by atoms with E-state index in [0.717, 1.165) is 11.3 Å². The molecule has 2 aromatic rings. The van der Waals surface area contributed by atoms with Gasteiger partial charge in [-0.3, -0.25) is 14.9 Å². The number of hydrogen-bond donors (Lipinski definition) is 1. The number of nitro benzene ring substituents is 1. The lowest BCUT2D eigenvalue weighted by molar-refractivity contribution is -0.384. The second-order valence-corrected chi connectivity index (χ2v) is 6.14. The third kappa shape index (κ3) is 6.14. The summed E-state index contributed by atoms with van der Waals surface area (Å²) in [6, 6.07) is 9.88. The minimum atomic E-state index is -0.440. The largest absolute Gasteiger partial charge is 0.467 e. The quantitative estimate of drug-likeness (QED) is 0.344. The molecule has 0 radical (unpaired) electrons. The second kappa shape index (κ2) is 9.37. The van der Waals surface area contributed by atoms with Crippen LogP contribution < -0.4 is 5.32 Å². The van der Waals surface area contributed by atoms with Gasteiger partial charge in [0.1, 0.15) is 5.76 Å². The highest BCUT2D eigenvalue weighted by atomic mass is 16.6. The van der Waals surface area contributed by atoms with E-state index in [0.29, 0.717) is 19.0 Å². The van der Waals surface area contributed by atoms with Crippen LogP contribution >= 0.6 is 0 Å². The van der Waals surface area contributed by atoms with E-state index >= 15 is 0 Å². The molecule has 1 heterocycles. The molecule has 2 rings (SSSR count). The van der Waals surface area contributed by atoms with Gasteiger partial charge in [0, 0.05) is 33.3 Å². The molecule has 0 aliphatic carbocycles. The van der Waals surface area contributed by atoms with Gasteiger partial charge in [0.05, 0.1) is 30.8 Å². The second-order valence-electron chi connectivity index (χ2n) is 6.14. The Labute approximate surface area is 157 Å². The molecule has 0 fully saturated rings. The summed E-state index contributed by atoms with van der Waals surface area (Å²) >= 11 is 0. The number of carbonyl (C=O) groups is 1. The van der Waals surface area contributed by atoms with E-state index in [-0.39, 0.29) is 18.1 Å². The molecule has 1 amide bonds. The Morgan fingerprint density at radius 3 is 2.48 bits per heavy atom. The molecule has 0 bridgehead atoms. The van der Waals surface area contributed by atoms with Gasteiger partial charge in [-0.2, -0.15) is 0 Å². The van der Waals surface area contributed by atoms with E-state index in [1.54, 1.807) is 38.6 Å². The van der Waals surface area contributed by atoms with Crippen LogP contribution in [0.1, 0.15) is 11.3 Å². The summed E-state index contributed by atoms with van der Waals surface area (Å²) in [5.74, 6) is 1.21. The lowest BCUT2D eigenvalue weighted by Gasteiger charge is -2.22. The topological polar surface area (TPSA) is 104 Å². The summed E-state index contributed by atoms with van der Waals surface area (Å²) in [6.45, 7) is 0.906. The number of hydrogen-bond acceptors (Lipinski definition) is 5. The summed E-state index contributed by atoms with van der Waals surface area (Å²) in [5, 5.41) is 13.8. The van der Waals surface area contributed by atoms with Crippen molar-refractivity contribution in [1.82, 2.24) is 15.1 Å². The van der Waals surface area contributed by atoms with E-state index < -0.39 is 4.92 Å². The monoisotopic (exact) mass is 373 g/mol. The fourth-order valence-electron chi connectivity index (χ4n) is 2.22. The number of guanidine groups is 1. The standard InChI is InChI=1S/C18H23N5O4/c1-21(2)17(24)12-20-18(22(3)13-16-5-4-10-27-16)19-11-14-6-8-15(9-7-14)23(25)26/h4-10H,11-13H2,1-3H3,(H,19,20). The molecule has 9 heteroatoms. The molecule has 1 N–H and O–H groups in total. The van der Waals surface area contributed by atoms with Crippen molar-refractivity contribution in [2.75, 3.05) is 27.7 Å². The number of carbonyl (C=O) groups excluding carboxylic acids is 1. The smallest absolute Gasteiger partial charge is 0.269 e. The van der Waals surface area contributed by atoms with Gasteiger partial charge < -0.3 is 19.5 Å². The first-order valence-electron chi connectivity index (χ1n) is 8.32. The number of benzene rings is 1. The van der Waals surface area contributed by atoms with Crippen LogP contribution in [0.15, 0.2) is 52.1 Å². The molecule has 1 aromatic heterocycles. The maximum absolute atomic E-state index is 11.9. The third-order valence-corrected chi connectivity index (χ3v) is 3.79. The fraction of sp³-hybridized carbons (Fsp3) is 0.333. The van der Waals surface area contributed by atoms with Gasteiger partial charge in [0.15, 0.2) is 5.96 Å². The first kappa shape index (κ1) is 20.0.